The molecule has 0 N–H and O–H groups in total. The molecule has 0 radical (unpaired) electrons. The summed E-state index contributed by atoms with van der Waals surface area (Å²) in [5.41, 5.74) is 4.30. The lowest BCUT2D eigenvalue weighted by Gasteiger charge is -2.37. The number of aliphatic imine (C=N–C) groups is 1. The van der Waals surface area contributed by atoms with Gasteiger partial charge in [0, 0.05) is 37.4 Å². The highest BCUT2D eigenvalue weighted by atomic mass is 16.5. The van der Waals surface area contributed by atoms with Crippen molar-refractivity contribution in [3.63, 3.8) is 0 Å². The Labute approximate surface area is 188 Å². The molecular weight excluding hydrogens is 400 g/mol. The van der Waals surface area contributed by atoms with Crippen LogP contribution in [0.4, 0.5) is 17.1 Å². The number of amides is 1. The lowest BCUT2D eigenvalue weighted by Crippen LogP contribution is -2.51. The minimum atomic E-state index is -0.0486. The Kier molecular flexibility index (Phi) is 5.60. The minimum Gasteiger partial charge on any atom is -0.497 e. The monoisotopic (exact) mass is 426 g/mol. The quantitative estimate of drug-likeness (QED) is 0.620. The summed E-state index contributed by atoms with van der Waals surface area (Å²) in [6, 6.07) is 25.9. The first kappa shape index (κ1) is 20.3. The van der Waals surface area contributed by atoms with Gasteiger partial charge >= 0.3 is 0 Å². The van der Waals surface area contributed by atoms with Gasteiger partial charge in [0.15, 0.2) is 0 Å². The smallest absolute Gasteiger partial charge is 0.278 e. The first-order valence-electron chi connectivity index (χ1n) is 10.9. The zero-order chi connectivity index (χ0) is 21.9. The van der Waals surface area contributed by atoms with Crippen molar-refractivity contribution in [1.29, 1.82) is 0 Å². The molecule has 2 heterocycles. The number of para-hydroxylation sites is 2. The number of hydrogen-bond donors (Lipinski definition) is 0. The highest BCUT2D eigenvalue weighted by molar-refractivity contribution is 6.54. The van der Waals surface area contributed by atoms with Crippen molar-refractivity contribution in [2.45, 2.75) is 0 Å². The van der Waals surface area contributed by atoms with Crippen LogP contribution in [-0.4, -0.2) is 56.5 Å². The fourth-order valence-corrected chi connectivity index (χ4v) is 4.28. The van der Waals surface area contributed by atoms with E-state index in [1.807, 2.05) is 59.5 Å². The van der Waals surface area contributed by atoms with Crippen LogP contribution in [0.5, 0.6) is 5.75 Å². The molecule has 1 amide bonds. The first-order valence-corrected chi connectivity index (χ1v) is 10.9. The Hall–Kier alpha value is -3.64. The number of piperazine rings is 1. The lowest BCUT2D eigenvalue weighted by molar-refractivity contribution is -0.112. The van der Waals surface area contributed by atoms with Crippen LogP contribution < -0.4 is 14.5 Å². The summed E-state index contributed by atoms with van der Waals surface area (Å²) < 4.78 is 5.22. The van der Waals surface area contributed by atoms with Gasteiger partial charge in [-0.2, -0.15) is 0 Å². The Morgan fingerprint density at radius 2 is 1.53 bits per heavy atom. The van der Waals surface area contributed by atoms with E-state index in [0.717, 1.165) is 48.9 Å². The summed E-state index contributed by atoms with van der Waals surface area (Å²) >= 11 is 0. The van der Waals surface area contributed by atoms with E-state index in [1.54, 1.807) is 7.11 Å². The van der Waals surface area contributed by atoms with Crippen molar-refractivity contribution >= 4 is 28.7 Å². The predicted octanol–water partition coefficient (Wildman–Crippen LogP) is 3.94. The second-order valence-corrected chi connectivity index (χ2v) is 7.99. The van der Waals surface area contributed by atoms with Gasteiger partial charge in [-0.15, -0.1) is 0 Å². The Morgan fingerprint density at radius 3 is 2.25 bits per heavy atom. The summed E-state index contributed by atoms with van der Waals surface area (Å²) in [6.45, 7) is 4.28. The molecule has 2 aliphatic heterocycles. The third-order valence-electron chi connectivity index (χ3n) is 6.05. The number of ether oxygens (including phenoxy) is 1. The van der Waals surface area contributed by atoms with E-state index in [2.05, 4.69) is 34.1 Å². The number of carbonyl (C=O) groups is 1. The van der Waals surface area contributed by atoms with Crippen molar-refractivity contribution < 1.29 is 9.53 Å². The molecule has 3 aromatic carbocycles. The number of rotatable bonds is 5. The van der Waals surface area contributed by atoms with E-state index in [1.165, 1.54) is 5.69 Å². The number of anilines is 2. The molecule has 0 aliphatic carbocycles. The van der Waals surface area contributed by atoms with Crippen LogP contribution in [0.3, 0.4) is 0 Å². The van der Waals surface area contributed by atoms with Crippen LogP contribution in [0.2, 0.25) is 0 Å². The van der Waals surface area contributed by atoms with Gasteiger partial charge in [-0.3, -0.25) is 14.6 Å². The molecule has 162 valence electrons. The van der Waals surface area contributed by atoms with Crippen LogP contribution in [0.15, 0.2) is 83.9 Å². The van der Waals surface area contributed by atoms with Crippen molar-refractivity contribution in [2.24, 2.45) is 4.99 Å². The number of nitrogens with zero attached hydrogens (tertiary/aromatic N) is 4. The van der Waals surface area contributed by atoms with Gasteiger partial charge in [-0.05, 0) is 42.5 Å². The van der Waals surface area contributed by atoms with E-state index >= 15 is 0 Å². The van der Waals surface area contributed by atoms with Crippen molar-refractivity contribution in [3.05, 3.63) is 84.4 Å². The summed E-state index contributed by atoms with van der Waals surface area (Å²) in [5, 5.41) is 0. The van der Waals surface area contributed by atoms with Crippen molar-refractivity contribution in [2.75, 3.05) is 49.8 Å². The van der Waals surface area contributed by atoms with Gasteiger partial charge < -0.3 is 9.64 Å². The fraction of sp³-hybridized carbons (Fsp3) is 0.231. The van der Waals surface area contributed by atoms with Crippen molar-refractivity contribution in [3.8, 4) is 5.75 Å². The molecule has 3 aromatic rings. The zero-order valence-corrected chi connectivity index (χ0v) is 18.1. The number of carbonyl (C=O) groups excluding carboxylic acids is 1. The first-order chi connectivity index (χ1) is 15.7. The van der Waals surface area contributed by atoms with Gasteiger partial charge in [0.05, 0.1) is 25.2 Å². The molecule has 6 nitrogen and oxygen atoms in total. The summed E-state index contributed by atoms with van der Waals surface area (Å²) in [7, 11) is 1.63. The topological polar surface area (TPSA) is 48.4 Å². The van der Waals surface area contributed by atoms with Gasteiger partial charge in [0.2, 0.25) is 0 Å². The number of methoxy groups -OCH3 is 1. The predicted molar refractivity (Wildman–Crippen MR) is 128 cm³/mol. The van der Waals surface area contributed by atoms with Gasteiger partial charge in [-0.1, -0.05) is 36.4 Å². The van der Waals surface area contributed by atoms with Gasteiger partial charge in [0.25, 0.3) is 5.91 Å². The summed E-state index contributed by atoms with van der Waals surface area (Å²) in [4.78, 5) is 24.7. The van der Waals surface area contributed by atoms with Crippen LogP contribution in [0.1, 0.15) is 5.56 Å². The van der Waals surface area contributed by atoms with Crippen LogP contribution in [0, 0.1) is 0 Å². The Bertz CT molecular complexity index is 1120. The maximum absolute atomic E-state index is 13.4. The van der Waals surface area contributed by atoms with Gasteiger partial charge in [0.1, 0.15) is 11.5 Å². The molecule has 5 rings (SSSR count). The molecule has 32 heavy (non-hydrogen) atoms. The van der Waals surface area contributed by atoms with Crippen molar-refractivity contribution in [1.82, 2.24) is 4.90 Å². The molecule has 0 bridgehead atoms. The third kappa shape index (κ3) is 3.97. The molecule has 0 spiro atoms. The zero-order valence-electron chi connectivity index (χ0n) is 18.1. The number of fused-ring (bicyclic) bond motifs is 1. The van der Waals surface area contributed by atoms with Crippen LogP contribution in [-0.2, 0) is 4.79 Å². The molecule has 0 saturated carbocycles. The second kappa shape index (κ2) is 8.85. The maximum atomic E-state index is 13.4. The molecular formula is C26H26N4O2. The molecule has 6 heteroatoms. The molecule has 0 aromatic heterocycles. The molecule has 2 aliphatic rings. The molecule has 1 saturated heterocycles. The average Bonchev–Trinajstić information content (AvgIpc) is 3.11. The fourth-order valence-electron chi connectivity index (χ4n) is 4.28. The summed E-state index contributed by atoms with van der Waals surface area (Å²) in [6.07, 6.45) is 0. The minimum absolute atomic E-state index is 0.0486. The standard InChI is InChI=1S/C26H26N4O2/c1-32-22-13-11-20(12-14-22)27-25-23-9-5-6-10-24(23)30(26(25)31)19-28-15-17-29(18-16-28)21-7-3-2-4-8-21/h2-14H,15-19H2,1H3. The Morgan fingerprint density at radius 1 is 0.844 bits per heavy atom. The van der Waals surface area contributed by atoms with E-state index < -0.39 is 0 Å². The van der Waals surface area contributed by atoms with E-state index in [0.29, 0.717) is 12.4 Å². The SMILES string of the molecule is COc1ccc(N=C2C(=O)N(CN3CCN(c4ccccc4)CC3)c3ccccc32)cc1. The van der Waals surface area contributed by atoms with E-state index in [9.17, 15) is 4.79 Å². The second-order valence-electron chi connectivity index (χ2n) is 7.99. The summed E-state index contributed by atoms with van der Waals surface area (Å²) in [5.74, 6) is 0.718. The highest BCUT2D eigenvalue weighted by Gasteiger charge is 2.35. The molecule has 1 fully saturated rings. The third-order valence-corrected chi connectivity index (χ3v) is 6.05. The number of benzene rings is 3. The molecule has 0 unspecified atom stereocenters. The normalized spacial score (nSPS) is 17.7. The molecule has 0 atom stereocenters. The largest absolute Gasteiger partial charge is 0.497 e. The van der Waals surface area contributed by atoms with Gasteiger partial charge in [-0.25, -0.2) is 4.99 Å². The highest BCUT2D eigenvalue weighted by Crippen LogP contribution is 2.31. The van der Waals surface area contributed by atoms with Crippen LogP contribution >= 0.6 is 0 Å². The average molecular weight is 427 g/mol. The van der Waals surface area contributed by atoms with E-state index in [-0.39, 0.29) is 5.91 Å². The Balaban J connectivity index is 1.33. The number of hydrogen-bond acceptors (Lipinski definition) is 5. The van der Waals surface area contributed by atoms with Crippen LogP contribution in [0.25, 0.3) is 0 Å². The van der Waals surface area contributed by atoms with E-state index in [4.69, 9.17) is 9.73 Å². The maximum Gasteiger partial charge on any atom is 0.278 e. The lowest BCUT2D eigenvalue weighted by atomic mass is 10.1.